The summed E-state index contributed by atoms with van der Waals surface area (Å²) in [6.07, 6.45) is 1.65. The van der Waals surface area contributed by atoms with Crippen LogP contribution in [0.15, 0.2) is 18.3 Å². The molecule has 0 saturated carbocycles. The number of nitrogens with zero attached hydrogens (tertiary/aromatic N) is 2. The van der Waals surface area contributed by atoms with Gasteiger partial charge in [-0.3, -0.25) is 4.79 Å². The number of hydrogen-bond donors (Lipinski definition) is 2. The number of nitrogens with one attached hydrogen (secondary N) is 1. The predicted octanol–water partition coefficient (Wildman–Crippen LogP) is 1.44. The second kappa shape index (κ2) is 8.38. The lowest BCUT2D eigenvalue weighted by Gasteiger charge is -2.27. The van der Waals surface area contributed by atoms with E-state index in [1.54, 1.807) is 20.0 Å². The Hall–Kier alpha value is -1.08. The number of amides is 1. The van der Waals surface area contributed by atoms with E-state index in [1.807, 2.05) is 12.1 Å². The summed E-state index contributed by atoms with van der Waals surface area (Å²) < 4.78 is 5.29. The number of rotatable bonds is 3. The maximum atomic E-state index is 11.7. The standard InChI is InChI=1S/C13H20N4O2.2ClH/c1-13(2,14)12(18)16-10-3-4-11(15-9-10)17-5-7-19-8-6-17;;/h3-4,9H,5-8,14H2,1-2H3,(H,16,18);2*1H. The molecule has 2 heterocycles. The Morgan fingerprint density at radius 1 is 1.33 bits per heavy atom. The van der Waals surface area contributed by atoms with Gasteiger partial charge in [-0.2, -0.15) is 0 Å². The van der Waals surface area contributed by atoms with Crippen molar-refractivity contribution >= 4 is 42.2 Å². The average Bonchev–Trinajstić information content (AvgIpc) is 2.39. The van der Waals surface area contributed by atoms with E-state index >= 15 is 0 Å². The molecule has 8 heteroatoms. The van der Waals surface area contributed by atoms with Crippen molar-refractivity contribution in [3.8, 4) is 0 Å². The van der Waals surface area contributed by atoms with Crippen LogP contribution in [0.3, 0.4) is 0 Å². The van der Waals surface area contributed by atoms with Gasteiger partial charge in [0.25, 0.3) is 0 Å². The molecule has 1 aliphatic rings. The highest BCUT2D eigenvalue weighted by molar-refractivity contribution is 5.97. The van der Waals surface area contributed by atoms with Crippen LogP contribution in [0.25, 0.3) is 0 Å². The molecule has 0 radical (unpaired) electrons. The van der Waals surface area contributed by atoms with E-state index in [0.717, 1.165) is 32.1 Å². The van der Waals surface area contributed by atoms with Crippen molar-refractivity contribution in [2.24, 2.45) is 5.73 Å². The number of nitrogens with two attached hydrogens (primary N) is 1. The molecule has 1 aliphatic heterocycles. The molecule has 2 rings (SSSR count). The molecule has 1 aromatic heterocycles. The van der Waals surface area contributed by atoms with Crippen LogP contribution in [0.1, 0.15) is 13.8 Å². The van der Waals surface area contributed by atoms with Gasteiger partial charge < -0.3 is 20.7 Å². The van der Waals surface area contributed by atoms with Gasteiger partial charge >= 0.3 is 0 Å². The van der Waals surface area contributed by atoms with Crippen molar-refractivity contribution in [2.75, 3.05) is 36.5 Å². The van der Waals surface area contributed by atoms with Crippen LogP contribution in [0.4, 0.5) is 11.5 Å². The summed E-state index contributed by atoms with van der Waals surface area (Å²) in [7, 11) is 0. The minimum absolute atomic E-state index is 0. The third kappa shape index (κ3) is 5.67. The number of anilines is 2. The van der Waals surface area contributed by atoms with Crippen molar-refractivity contribution in [3.63, 3.8) is 0 Å². The van der Waals surface area contributed by atoms with E-state index in [0.29, 0.717) is 5.69 Å². The van der Waals surface area contributed by atoms with Gasteiger partial charge in [0, 0.05) is 13.1 Å². The van der Waals surface area contributed by atoms with Gasteiger partial charge in [0.05, 0.1) is 30.6 Å². The second-order valence-corrected chi connectivity index (χ2v) is 5.18. The molecule has 0 unspecified atom stereocenters. The minimum Gasteiger partial charge on any atom is -0.378 e. The van der Waals surface area contributed by atoms with E-state index in [-0.39, 0.29) is 30.7 Å². The molecule has 0 spiro atoms. The molecule has 120 valence electrons. The number of carbonyl (C=O) groups excluding carboxylic acids is 1. The van der Waals surface area contributed by atoms with E-state index in [4.69, 9.17) is 10.5 Å². The molecule has 0 bridgehead atoms. The first-order chi connectivity index (χ1) is 8.97. The van der Waals surface area contributed by atoms with Crippen LogP contribution in [-0.2, 0) is 9.53 Å². The summed E-state index contributed by atoms with van der Waals surface area (Å²) >= 11 is 0. The molecule has 0 aliphatic carbocycles. The zero-order valence-electron chi connectivity index (χ0n) is 12.2. The smallest absolute Gasteiger partial charge is 0.243 e. The van der Waals surface area contributed by atoms with Crippen molar-refractivity contribution in [1.29, 1.82) is 0 Å². The zero-order valence-corrected chi connectivity index (χ0v) is 13.8. The van der Waals surface area contributed by atoms with Crippen molar-refractivity contribution < 1.29 is 9.53 Å². The SMILES string of the molecule is CC(C)(N)C(=O)Nc1ccc(N2CCOCC2)nc1.Cl.Cl. The number of aromatic nitrogens is 1. The highest BCUT2D eigenvalue weighted by Gasteiger charge is 2.22. The van der Waals surface area contributed by atoms with Crippen LogP contribution in [0.5, 0.6) is 0 Å². The van der Waals surface area contributed by atoms with E-state index in [9.17, 15) is 4.79 Å². The lowest BCUT2D eigenvalue weighted by Crippen LogP contribution is -2.45. The summed E-state index contributed by atoms with van der Waals surface area (Å²) in [5, 5.41) is 2.74. The van der Waals surface area contributed by atoms with Crippen LogP contribution >= 0.6 is 24.8 Å². The van der Waals surface area contributed by atoms with Crippen LogP contribution in [-0.4, -0.2) is 42.7 Å². The monoisotopic (exact) mass is 336 g/mol. The summed E-state index contributed by atoms with van der Waals surface area (Å²) in [5.41, 5.74) is 5.47. The van der Waals surface area contributed by atoms with Gasteiger partial charge in [-0.05, 0) is 26.0 Å². The van der Waals surface area contributed by atoms with Crippen molar-refractivity contribution in [1.82, 2.24) is 4.98 Å². The molecular weight excluding hydrogens is 315 g/mol. The Labute approximate surface area is 137 Å². The fraction of sp³-hybridized carbons (Fsp3) is 0.538. The average molecular weight is 337 g/mol. The zero-order chi connectivity index (χ0) is 13.9. The van der Waals surface area contributed by atoms with Crippen LogP contribution in [0, 0.1) is 0 Å². The van der Waals surface area contributed by atoms with Gasteiger partial charge in [0.2, 0.25) is 5.91 Å². The van der Waals surface area contributed by atoms with Gasteiger partial charge in [0.1, 0.15) is 5.82 Å². The molecule has 1 fully saturated rings. The molecule has 1 aromatic rings. The van der Waals surface area contributed by atoms with Gasteiger partial charge in [0.15, 0.2) is 0 Å². The first-order valence-electron chi connectivity index (χ1n) is 6.36. The molecular formula is C13H22Cl2N4O2. The van der Waals surface area contributed by atoms with Crippen molar-refractivity contribution in [2.45, 2.75) is 19.4 Å². The molecule has 0 aromatic carbocycles. The lowest BCUT2D eigenvalue weighted by atomic mass is 10.1. The summed E-state index contributed by atoms with van der Waals surface area (Å²) in [5.74, 6) is 0.668. The molecule has 0 atom stereocenters. The summed E-state index contributed by atoms with van der Waals surface area (Å²) in [4.78, 5) is 18.2. The maximum Gasteiger partial charge on any atom is 0.243 e. The maximum absolute atomic E-state index is 11.7. The Kier molecular flexibility index (Phi) is 7.95. The van der Waals surface area contributed by atoms with Crippen molar-refractivity contribution in [3.05, 3.63) is 18.3 Å². The molecule has 1 amide bonds. The third-order valence-electron chi connectivity index (χ3n) is 2.93. The Bertz CT molecular complexity index is 442. The predicted molar refractivity (Wildman–Crippen MR) is 88.7 cm³/mol. The molecule has 1 saturated heterocycles. The molecule has 6 nitrogen and oxygen atoms in total. The van der Waals surface area contributed by atoms with E-state index in [1.165, 1.54) is 0 Å². The summed E-state index contributed by atoms with van der Waals surface area (Å²) in [6, 6.07) is 3.73. The number of ether oxygens (including phenoxy) is 1. The Balaban J connectivity index is 0.00000200. The highest BCUT2D eigenvalue weighted by atomic mass is 35.5. The normalized spacial score (nSPS) is 14.7. The first kappa shape index (κ1) is 19.9. The highest BCUT2D eigenvalue weighted by Crippen LogP contribution is 2.16. The van der Waals surface area contributed by atoms with Crippen LogP contribution in [0.2, 0.25) is 0 Å². The summed E-state index contributed by atoms with van der Waals surface area (Å²) in [6.45, 7) is 6.46. The number of pyridine rings is 1. The van der Waals surface area contributed by atoms with Gasteiger partial charge in [-0.1, -0.05) is 0 Å². The van der Waals surface area contributed by atoms with E-state index < -0.39 is 5.54 Å². The first-order valence-corrected chi connectivity index (χ1v) is 6.36. The van der Waals surface area contributed by atoms with Crippen LogP contribution < -0.4 is 16.0 Å². The fourth-order valence-corrected chi connectivity index (χ4v) is 1.73. The quantitative estimate of drug-likeness (QED) is 0.872. The minimum atomic E-state index is -0.900. The van der Waals surface area contributed by atoms with Gasteiger partial charge in [-0.25, -0.2) is 4.98 Å². The Morgan fingerprint density at radius 3 is 2.43 bits per heavy atom. The number of halogens is 2. The number of morpholine rings is 1. The number of carbonyl (C=O) groups is 1. The van der Waals surface area contributed by atoms with E-state index in [2.05, 4.69) is 15.2 Å². The third-order valence-corrected chi connectivity index (χ3v) is 2.93. The number of hydrogen-bond acceptors (Lipinski definition) is 5. The Morgan fingerprint density at radius 2 is 1.95 bits per heavy atom. The topological polar surface area (TPSA) is 80.5 Å². The lowest BCUT2D eigenvalue weighted by molar-refractivity contribution is -0.120. The van der Waals surface area contributed by atoms with Gasteiger partial charge in [-0.15, -0.1) is 24.8 Å². The largest absolute Gasteiger partial charge is 0.378 e. The fourth-order valence-electron chi connectivity index (χ4n) is 1.73. The molecule has 3 N–H and O–H groups in total. The molecule has 21 heavy (non-hydrogen) atoms. The second-order valence-electron chi connectivity index (χ2n) is 5.18.